The van der Waals surface area contributed by atoms with E-state index in [0.29, 0.717) is 0 Å². The standard InChI is InChI=1S/C10H9FO/c11-9-4-1-3-8(7-9)10-5-2-6-12-10/h1-4,6-7,10H,5H2. The Morgan fingerprint density at radius 3 is 3.00 bits per heavy atom. The van der Waals surface area contributed by atoms with E-state index in [-0.39, 0.29) is 11.9 Å². The highest BCUT2D eigenvalue weighted by Gasteiger charge is 2.13. The molecule has 0 spiro atoms. The van der Waals surface area contributed by atoms with Crippen molar-refractivity contribution in [2.24, 2.45) is 0 Å². The fourth-order valence-electron chi connectivity index (χ4n) is 1.31. The topological polar surface area (TPSA) is 9.23 Å². The molecule has 2 heteroatoms. The summed E-state index contributed by atoms with van der Waals surface area (Å²) in [4.78, 5) is 0. The largest absolute Gasteiger partial charge is 0.493 e. The van der Waals surface area contributed by atoms with E-state index in [1.165, 1.54) is 12.1 Å². The quantitative estimate of drug-likeness (QED) is 0.620. The zero-order valence-corrected chi connectivity index (χ0v) is 6.53. The molecule has 1 aromatic carbocycles. The maximum Gasteiger partial charge on any atom is 0.126 e. The summed E-state index contributed by atoms with van der Waals surface area (Å²) < 4.78 is 18.0. The van der Waals surface area contributed by atoms with Gasteiger partial charge in [-0.3, -0.25) is 0 Å². The van der Waals surface area contributed by atoms with Gasteiger partial charge in [-0.05, 0) is 23.8 Å². The lowest BCUT2D eigenvalue weighted by atomic mass is 10.1. The third-order valence-corrected chi connectivity index (χ3v) is 1.91. The molecule has 1 heterocycles. The van der Waals surface area contributed by atoms with Gasteiger partial charge in [0.2, 0.25) is 0 Å². The van der Waals surface area contributed by atoms with Gasteiger partial charge in [-0.1, -0.05) is 12.1 Å². The Kier molecular flexibility index (Phi) is 1.82. The SMILES string of the molecule is Fc1cccc(C2CC=CO2)c1. The van der Waals surface area contributed by atoms with Crippen LogP contribution in [0.1, 0.15) is 18.1 Å². The van der Waals surface area contributed by atoms with Crippen LogP contribution in [0, 0.1) is 5.82 Å². The van der Waals surface area contributed by atoms with Gasteiger partial charge in [0.1, 0.15) is 11.9 Å². The Labute approximate surface area is 70.5 Å². The molecule has 1 aromatic rings. The highest BCUT2D eigenvalue weighted by molar-refractivity contribution is 5.20. The Balaban J connectivity index is 2.22. The molecule has 1 atom stereocenters. The van der Waals surface area contributed by atoms with E-state index in [2.05, 4.69) is 0 Å². The molecule has 0 saturated heterocycles. The summed E-state index contributed by atoms with van der Waals surface area (Å²) in [5, 5.41) is 0. The van der Waals surface area contributed by atoms with Gasteiger partial charge in [-0.15, -0.1) is 0 Å². The Bertz CT molecular complexity index is 298. The maximum atomic E-state index is 12.7. The van der Waals surface area contributed by atoms with Gasteiger partial charge < -0.3 is 4.74 Å². The lowest BCUT2D eigenvalue weighted by molar-refractivity contribution is 0.173. The van der Waals surface area contributed by atoms with Gasteiger partial charge in [-0.2, -0.15) is 0 Å². The van der Waals surface area contributed by atoms with Gasteiger partial charge in [0.05, 0.1) is 6.26 Å². The minimum atomic E-state index is -0.206. The van der Waals surface area contributed by atoms with Crippen LogP contribution >= 0.6 is 0 Å². The molecule has 1 aliphatic rings. The fourth-order valence-corrected chi connectivity index (χ4v) is 1.31. The molecular weight excluding hydrogens is 155 g/mol. The first-order valence-corrected chi connectivity index (χ1v) is 3.92. The van der Waals surface area contributed by atoms with Crippen molar-refractivity contribution in [2.45, 2.75) is 12.5 Å². The lowest BCUT2D eigenvalue weighted by Gasteiger charge is -2.09. The Morgan fingerprint density at radius 2 is 2.33 bits per heavy atom. The van der Waals surface area contributed by atoms with Gasteiger partial charge in [0.25, 0.3) is 0 Å². The van der Waals surface area contributed by atoms with E-state index in [4.69, 9.17) is 4.74 Å². The van der Waals surface area contributed by atoms with E-state index in [0.717, 1.165) is 12.0 Å². The molecule has 0 fully saturated rings. The summed E-state index contributed by atoms with van der Waals surface area (Å²) in [7, 11) is 0. The van der Waals surface area contributed by atoms with Crippen LogP contribution in [0.15, 0.2) is 36.6 Å². The van der Waals surface area contributed by atoms with Crippen molar-refractivity contribution in [2.75, 3.05) is 0 Å². The number of rotatable bonds is 1. The second-order valence-electron chi connectivity index (χ2n) is 2.79. The first-order chi connectivity index (χ1) is 5.86. The summed E-state index contributed by atoms with van der Waals surface area (Å²) in [5.41, 5.74) is 0.903. The fraction of sp³-hybridized carbons (Fsp3) is 0.200. The smallest absolute Gasteiger partial charge is 0.126 e. The molecule has 62 valence electrons. The highest BCUT2D eigenvalue weighted by atomic mass is 19.1. The van der Waals surface area contributed by atoms with Crippen molar-refractivity contribution >= 4 is 0 Å². The first kappa shape index (κ1) is 7.35. The molecule has 1 aliphatic heterocycles. The molecule has 12 heavy (non-hydrogen) atoms. The molecule has 1 nitrogen and oxygen atoms in total. The Morgan fingerprint density at radius 1 is 1.42 bits per heavy atom. The van der Waals surface area contributed by atoms with E-state index >= 15 is 0 Å². The zero-order chi connectivity index (χ0) is 8.39. The number of halogens is 1. The Hall–Kier alpha value is -1.31. The molecule has 0 bridgehead atoms. The minimum absolute atomic E-state index is 0.0145. The van der Waals surface area contributed by atoms with Gasteiger partial charge in [0, 0.05) is 6.42 Å². The molecule has 1 unspecified atom stereocenters. The molecule has 0 radical (unpaired) electrons. The van der Waals surface area contributed by atoms with Crippen LogP contribution in [0.5, 0.6) is 0 Å². The van der Waals surface area contributed by atoms with Gasteiger partial charge >= 0.3 is 0 Å². The van der Waals surface area contributed by atoms with Crippen molar-refractivity contribution < 1.29 is 9.13 Å². The predicted molar refractivity (Wildman–Crippen MR) is 44.0 cm³/mol. The van der Waals surface area contributed by atoms with E-state index < -0.39 is 0 Å². The first-order valence-electron chi connectivity index (χ1n) is 3.92. The highest BCUT2D eigenvalue weighted by Crippen LogP contribution is 2.26. The second kappa shape index (κ2) is 2.97. The van der Waals surface area contributed by atoms with Crippen molar-refractivity contribution in [1.82, 2.24) is 0 Å². The minimum Gasteiger partial charge on any atom is -0.493 e. The van der Waals surface area contributed by atoms with Crippen molar-refractivity contribution in [3.05, 3.63) is 48.0 Å². The summed E-state index contributed by atoms with van der Waals surface area (Å²) in [6, 6.07) is 6.52. The van der Waals surface area contributed by atoms with E-state index in [1.54, 1.807) is 12.3 Å². The summed E-state index contributed by atoms with van der Waals surface area (Å²) >= 11 is 0. The molecule has 2 rings (SSSR count). The van der Waals surface area contributed by atoms with Crippen LogP contribution in [0.4, 0.5) is 4.39 Å². The van der Waals surface area contributed by atoms with Crippen molar-refractivity contribution in [3.63, 3.8) is 0 Å². The third-order valence-electron chi connectivity index (χ3n) is 1.91. The van der Waals surface area contributed by atoms with Crippen molar-refractivity contribution in [3.8, 4) is 0 Å². The van der Waals surface area contributed by atoms with Gasteiger partial charge in [0.15, 0.2) is 0 Å². The maximum absolute atomic E-state index is 12.7. The van der Waals surface area contributed by atoms with E-state index in [1.807, 2.05) is 12.1 Å². The number of hydrogen-bond donors (Lipinski definition) is 0. The van der Waals surface area contributed by atoms with Crippen LogP contribution in [0.2, 0.25) is 0 Å². The number of benzene rings is 1. The summed E-state index contributed by atoms with van der Waals surface area (Å²) in [6.45, 7) is 0. The van der Waals surface area contributed by atoms with Crippen LogP contribution in [-0.2, 0) is 4.74 Å². The average molecular weight is 164 g/mol. The van der Waals surface area contributed by atoms with Gasteiger partial charge in [-0.25, -0.2) is 4.39 Å². The molecule has 0 aliphatic carbocycles. The van der Waals surface area contributed by atoms with Crippen LogP contribution in [-0.4, -0.2) is 0 Å². The number of hydrogen-bond acceptors (Lipinski definition) is 1. The van der Waals surface area contributed by atoms with E-state index in [9.17, 15) is 4.39 Å². The zero-order valence-electron chi connectivity index (χ0n) is 6.53. The molecule has 0 amide bonds. The predicted octanol–water partition coefficient (Wildman–Crippen LogP) is 2.80. The molecule has 0 N–H and O–H groups in total. The summed E-state index contributed by atoms with van der Waals surface area (Å²) in [5.74, 6) is -0.206. The van der Waals surface area contributed by atoms with Crippen LogP contribution in [0.3, 0.4) is 0 Å². The monoisotopic (exact) mass is 164 g/mol. The molecule has 0 saturated carbocycles. The third kappa shape index (κ3) is 1.33. The number of ether oxygens (including phenoxy) is 1. The molecular formula is C10H9FO. The normalized spacial score (nSPS) is 20.9. The second-order valence-corrected chi connectivity index (χ2v) is 2.79. The van der Waals surface area contributed by atoms with Crippen LogP contribution < -0.4 is 0 Å². The summed E-state index contributed by atoms with van der Waals surface area (Å²) in [6.07, 6.45) is 4.45. The molecule has 0 aromatic heterocycles. The van der Waals surface area contributed by atoms with Crippen LogP contribution in [0.25, 0.3) is 0 Å². The average Bonchev–Trinajstić information content (AvgIpc) is 2.56. The lowest BCUT2D eigenvalue weighted by Crippen LogP contribution is -1.95. The van der Waals surface area contributed by atoms with Crippen molar-refractivity contribution in [1.29, 1.82) is 0 Å².